The molecule has 1 aromatic carbocycles. The molecule has 2 rings (SSSR count). The number of guanidine groups is 1. The number of hydrogen-bond donors (Lipinski definition) is 2. The smallest absolute Gasteiger partial charge is 0.191 e. The van der Waals surface area contributed by atoms with Gasteiger partial charge in [0.1, 0.15) is 0 Å². The second-order valence-corrected chi connectivity index (χ2v) is 6.73. The Morgan fingerprint density at radius 2 is 1.86 bits per heavy atom. The van der Waals surface area contributed by atoms with Gasteiger partial charge in [-0.2, -0.15) is 0 Å². The normalized spacial score (nSPS) is 17.1. The average Bonchev–Trinajstić information content (AvgIpc) is 2.73. The van der Waals surface area contributed by atoms with Crippen LogP contribution in [0.3, 0.4) is 0 Å². The summed E-state index contributed by atoms with van der Waals surface area (Å²) < 4.78 is 21.6. The third-order valence-electron chi connectivity index (χ3n) is 4.77. The first-order valence-corrected chi connectivity index (χ1v) is 9.62. The molecular weight excluding hydrogens is 487 g/mol. The van der Waals surface area contributed by atoms with E-state index in [0.29, 0.717) is 13.2 Å². The SMILES string of the molecule is CN=C(NCC(c1ccc(OC)c(OC)c1)N1CCOCC1)NC(C)COC.I. The lowest BCUT2D eigenvalue weighted by molar-refractivity contribution is 0.0169. The lowest BCUT2D eigenvalue weighted by Gasteiger charge is -2.35. The van der Waals surface area contributed by atoms with Gasteiger partial charge >= 0.3 is 0 Å². The summed E-state index contributed by atoms with van der Waals surface area (Å²) >= 11 is 0. The van der Waals surface area contributed by atoms with Gasteiger partial charge in [0.15, 0.2) is 17.5 Å². The van der Waals surface area contributed by atoms with Gasteiger partial charge < -0.3 is 29.6 Å². The molecule has 1 saturated heterocycles. The Morgan fingerprint density at radius 3 is 2.45 bits per heavy atom. The van der Waals surface area contributed by atoms with Crippen molar-refractivity contribution in [2.75, 3.05) is 67.8 Å². The molecule has 1 aliphatic heterocycles. The Labute approximate surface area is 191 Å². The van der Waals surface area contributed by atoms with Crippen molar-refractivity contribution in [1.82, 2.24) is 15.5 Å². The molecule has 1 aliphatic rings. The molecule has 0 bridgehead atoms. The van der Waals surface area contributed by atoms with Crippen LogP contribution in [0.15, 0.2) is 23.2 Å². The largest absolute Gasteiger partial charge is 0.493 e. The number of aliphatic imine (C=N–C) groups is 1. The van der Waals surface area contributed by atoms with E-state index < -0.39 is 0 Å². The first-order valence-electron chi connectivity index (χ1n) is 9.62. The quantitative estimate of drug-likeness (QED) is 0.292. The highest BCUT2D eigenvalue weighted by molar-refractivity contribution is 14.0. The van der Waals surface area contributed by atoms with Crippen LogP contribution >= 0.6 is 24.0 Å². The molecule has 0 saturated carbocycles. The highest BCUT2D eigenvalue weighted by Crippen LogP contribution is 2.32. The van der Waals surface area contributed by atoms with Gasteiger partial charge in [-0.1, -0.05) is 6.07 Å². The Balaban J connectivity index is 0.00000420. The van der Waals surface area contributed by atoms with Crippen LogP contribution in [0.25, 0.3) is 0 Å². The van der Waals surface area contributed by atoms with Crippen LogP contribution in [0.1, 0.15) is 18.5 Å². The zero-order chi connectivity index (χ0) is 20.4. The van der Waals surface area contributed by atoms with Gasteiger partial charge in [-0.05, 0) is 24.6 Å². The Kier molecular flexibility index (Phi) is 12.3. The fourth-order valence-corrected chi connectivity index (χ4v) is 3.32. The standard InChI is InChI=1S/C20H34N4O4.HI/c1-15(14-25-3)23-20(21-2)22-13-17(24-8-10-28-11-9-24)16-6-7-18(26-4)19(12-16)27-5;/h6-7,12,15,17H,8-11,13-14H2,1-5H3,(H2,21,22,23);1H. The van der Waals surface area contributed by atoms with Crippen LogP contribution in [0, 0.1) is 0 Å². The van der Waals surface area contributed by atoms with Crippen molar-refractivity contribution in [2.45, 2.75) is 19.0 Å². The van der Waals surface area contributed by atoms with E-state index in [-0.39, 0.29) is 36.1 Å². The summed E-state index contributed by atoms with van der Waals surface area (Å²) in [6.45, 7) is 6.62. The first-order chi connectivity index (χ1) is 13.6. The maximum atomic E-state index is 5.54. The van der Waals surface area contributed by atoms with Gasteiger partial charge in [-0.15, -0.1) is 24.0 Å². The van der Waals surface area contributed by atoms with Crippen molar-refractivity contribution in [2.24, 2.45) is 4.99 Å². The molecular formula is C20H35IN4O4. The van der Waals surface area contributed by atoms with Gasteiger partial charge in [-0.25, -0.2) is 0 Å². The number of benzene rings is 1. The summed E-state index contributed by atoms with van der Waals surface area (Å²) in [7, 11) is 6.77. The highest BCUT2D eigenvalue weighted by Gasteiger charge is 2.24. The van der Waals surface area contributed by atoms with Crippen LogP contribution in [-0.2, 0) is 9.47 Å². The summed E-state index contributed by atoms with van der Waals surface area (Å²) in [4.78, 5) is 6.75. The van der Waals surface area contributed by atoms with Crippen molar-refractivity contribution < 1.29 is 18.9 Å². The predicted molar refractivity (Wildman–Crippen MR) is 126 cm³/mol. The average molecular weight is 522 g/mol. The van der Waals surface area contributed by atoms with Crippen LogP contribution in [0.4, 0.5) is 0 Å². The number of rotatable bonds is 9. The predicted octanol–water partition coefficient (Wildman–Crippen LogP) is 1.89. The number of morpholine rings is 1. The molecule has 0 spiro atoms. The zero-order valence-electron chi connectivity index (χ0n) is 18.1. The molecule has 0 aliphatic carbocycles. The third kappa shape index (κ3) is 7.80. The van der Waals surface area contributed by atoms with Crippen LogP contribution in [0.2, 0.25) is 0 Å². The zero-order valence-corrected chi connectivity index (χ0v) is 20.4. The molecule has 1 aromatic rings. The Hall–Kier alpha value is -1.30. The van der Waals surface area contributed by atoms with Crippen molar-refractivity contribution in [1.29, 1.82) is 0 Å². The number of halogens is 1. The third-order valence-corrected chi connectivity index (χ3v) is 4.77. The molecule has 2 N–H and O–H groups in total. The number of nitrogens with one attached hydrogen (secondary N) is 2. The van der Waals surface area contributed by atoms with E-state index in [1.807, 2.05) is 12.1 Å². The van der Waals surface area contributed by atoms with Crippen molar-refractivity contribution in [3.8, 4) is 11.5 Å². The van der Waals surface area contributed by atoms with Gasteiger partial charge in [0.05, 0.1) is 40.1 Å². The van der Waals surface area contributed by atoms with Crippen molar-refractivity contribution >= 4 is 29.9 Å². The van der Waals surface area contributed by atoms with E-state index in [0.717, 1.165) is 49.3 Å². The molecule has 0 amide bonds. The number of methoxy groups -OCH3 is 3. The van der Waals surface area contributed by atoms with Crippen LogP contribution in [-0.4, -0.2) is 84.7 Å². The Morgan fingerprint density at radius 1 is 1.17 bits per heavy atom. The van der Waals surface area contributed by atoms with Crippen molar-refractivity contribution in [3.63, 3.8) is 0 Å². The molecule has 166 valence electrons. The second kappa shape index (κ2) is 13.8. The second-order valence-electron chi connectivity index (χ2n) is 6.73. The molecule has 1 fully saturated rings. The molecule has 8 nitrogen and oxygen atoms in total. The molecule has 9 heteroatoms. The summed E-state index contributed by atoms with van der Waals surface area (Å²) in [5.74, 6) is 2.21. The number of nitrogens with zero attached hydrogens (tertiary/aromatic N) is 2. The van der Waals surface area contributed by atoms with E-state index in [1.54, 1.807) is 28.4 Å². The monoisotopic (exact) mass is 522 g/mol. The minimum Gasteiger partial charge on any atom is -0.493 e. The molecule has 2 unspecified atom stereocenters. The lowest BCUT2D eigenvalue weighted by atomic mass is 10.0. The van der Waals surface area contributed by atoms with Crippen LogP contribution in [0.5, 0.6) is 11.5 Å². The molecule has 0 radical (unpaired) electrons. The van der Waals surface area contributed by atoms with E-state index in [2.05, 4.69) is 33.5 Å². The Bertz CT molecular complexity index is 626. The summed E-state index contributed by atoms with van der Waals surface area (Å²) in [6.07, 6.45) is 0. The molecule has 2 atom stereocenters. The molecule has 29 heavy (non-hydrogen) atoms. The van der Waals surface area contributed by atoms with Crippen LogP contribution < -0.4 is 20.1 Å². The molecule has 0 aromatic heterocycles. The van der Waals surface area contributed by atoms with Crippen molar-refractivity contribution in [3.05, 3.63) is 23.8 Å². The van der Waals surface area contributed by atoms with Gasteiger partial charge in [0.2, 0.25) is 0 Å². The number of ether oxygens (including phenoxy) is 4. The summed E-state index contributed by atoms with van der Waals surface area (Å²) in [5, 5.41) is 6.79. The van der Waals surface area contributed by atoms with Gasteiger partial charge in [0, 0.05) is 39.8 Å². The minimum atomic E-state index is 0. The van der Waals surface area contributed by atoms with Gasteiger partial charge in [0.25, 0.3) is 0 Å². The van der Waals surface area contributed by atoms with E-state index >= 15 is 0 Å². The van der Waals surface area contributed by atoms with E-state index in [1.165, 1.54) is 0 Å². The molecule has 1 heterocycles. The fraction of sp³-hybridized carbons (Fsp3) is 0.650. The summed E-state index contributed by atoms with van der Waals surface area (Å²) in [5.41, 5.74) is 1.16. The first kappa shape index (κ1) is 25.7. The minimum absolute atomic E-state index is 0. The topological polar surface area (TPSA) is 76.6 Å². The lowest BCUT2D eigenvalue weighted by Crippen LogP contribution is -2.48. The van der Waals surface area contributed by atoms with E-state index in [4.69, 9.17) is 18.9 Å². The maximum absolute atomic E-state index is 5.54. The van der Waals surface area contributed by atoms with Gasteiger partial charge in [-0.3, -0.25) is 9.89 Å². The van der Waals surface area contributed by atoms with E-state index in [9.17, 15) is 0 Å². The maximum Gasteiger partial charge on any atom is 0.191 e. The summed E-state index contributed by atoms with van der Waals surface area (Å²) in [6, 6.07) is 6.41. The number of hydrogen-bond acceptors (Lipinski definition) is 6. The fourth-order valence-electron chi connectivity index (χ4n) is 3.32. The highest BCUT2D eigenvalue weighted by atomic mass is 127.